The topological polar surface area (TPSA) is 84.7 Å². The number of benzene rings is 2. The highest BCUT2D eigenvalue weighted by Gasteiger charge is 2.08. The number of hydrogen-bond donors (Lipinski definition) is 2. The van der Waals surface area contributed by atoms with Crippen LogP contribution in [0.4, 0.5) is 20.6 Å². The molecular formula is C23H19FN4O3. The zero-order valence-corrected chi connectivity index (χ0v) is 16.6. The molecule has 2 aromatic carbocycles. The van der Waals surface area contributed by atoms with E-state index >= 15 is 0 Å². The van der Waals surface area contributed by atoms with Crippen molar-refractivity contribution >= 4 is 23.1 Å². The molecule has 2 amide bonds. The van der Waals surface area contributed by atoms with Crippen molar-refractivity contribution in [3.8, 4) is 5.75 Å². The Balaban J connectivity index is 1.38. The molecule has 0 aliphatic rings. The van der Waals surface area contributed by atoms with Crippen LogP contribution in [0.5, 0.6) is 5.75 Å². The number of para-hydroxylation sites is 1. The highest BCUT2D eigenvalue weighted by atomic mass is 19.1. The van der Waals surface area contributed by atoms with Crippen LogP contribution in [0, 0.1) is 12.7 Å². The lowest BCUT2D eigenvalue weighted by Crippen LogP contribution is -2.20. The molecule has 8 heteroatoms. The first kappa shape index (κ1) is 20.1. The summed E-state index contributed by atoms with van der Waals surface area (Å²) in [5, 5.41) is 5.07. The molecule has 0 atom stereocenters. The second-order valence-electron chi connectivity index (χ2n) is 6.84. The molecule has 31 heavy (non-hydrogen) atoms. The SMILES string of the molecule is Cc1cccn2c(=O)cc(COc3ccc(NC(=O)Nc4ccccc4F)cc3)nc12. The lowest BCUT2D eigenvalue weighted by Gasteiger charge is -2.10. The number of nitrogens with one attached hydrogen (secondary N) is 2. The third kappa shape index (κ3) is 4.69. The predicted octanol–water partition coefficient (Wildman–Crippen LogP) is 4.37. The van der Waals surface area contributed by atoms with E-state index in [4.69, 9.17) is 4.74 Å². The van der Waals surface area contributed by atoms with Gasteiger partial charge in [0.2, 0.25) is 0 Å². The first-order chi connectivity index (χ1) is 15.0. The maximum atomic E-state index is 13.6. The Morgan fingerprint density at radius 3 is 2.61 bits per heavy atom. The van der Waals surface area contributed by atoms with Crippen LogP contribution in [0.1, 0.15) is 11.3 Å². The highest BCUT2D eigenvalue weighted by Crippen LogP contribution is 2.18. The van der Waals surface area contributed by atoms with Crippen LogP contribution in [-0.2, 0) is 6.61 Å². The summed E-state index contributed by atoms with van der Waals surface area (Å²) in [6, 6.07) is 17.1. The number of rotatable bonds is 5. The molecular weight excluding hydrogens is 399 g/mol. The second-order valence-corrected chi connectivity index (χ2v) is 6.84. The molecule has 2 aromatic heterocycles. The maximum Gasteiger partial charge on any atom is 0.323 e. The Morgan fingerprint density at radius 2 is 1.84 bits per heavy atom. The van der Waals surface area contributed by atoms with Crippen LogP contribution in [-0.4, -0.2) is 15.4 Å². The van der Waals surface area contributed by atoms with E-state index in [-0.39, 0.29) is 17.9 Å². The number of hydrogen-bond acceptors (Lipinski definition) is 4. The van der Waals surface area contributed by atoms with Gasteiger partial charge < -0.3 is 15.4 Å². The van der Waals surface area contributed by atoms with Gasteiger partial charge in [-0.3, -0.25) is 9.20 Å². The number of fused-ring (bicyclic) bond motifs is 1. The van der Waals surface area contributed by atoms with Crippen LogP contribution in [0.25, 0.3) is 5.65 Å². The average molecular weight is 418 g/mol. The van der Waals surface area contributed by atoms with Gasteiger partial charge in [-0.05, 0) is 55.0 Å². The zero-order chi connectivity index (χ0) is 21.8. The van der Waals surface area contributed by atoms with Crippen molar-refractivity contribution in [3.05, 3.63) is 100 Å². The lowest BCUT2D eigenvalue weighted by molar-refractivity contribution is 0.262. The number of halogens is 1. The number of amides is 2. The number of anilines is 2. The molecule has 2 heterocycles. The molecule has 4 aromatic rings. The summed E-state index contributed by atoms with van der Waals surface area (Å²) >= 11 is 0. The Bertz CT molecular complexity index is 1300. The Labute approximate surface area is 177 Å². The predicted molar refractivity (Wildman–Crippen MR) is 116 cm³/mol. The Kier molecular flexibility index (Phi) is 5.61. The minimum absolute atomic E-state index is 0.0916. The van der Waals surface area contributed by atoms with E-state index in [1.54, 1.807) is 48.7 Å². The summed E-state index contributed by atoms with van der Waals surface area (Å²) in [7, 11) is 0. The molecule has 0 saturated carbocycles. The molecule has 0 aliphatic carbocycles. The van der Waals surface area contributed by atoms with Gasteiger partial charge in [0.25, 0.3) is 5.56 Å². The maximum absolute atomic E-state index is 13.6. The first-order valence-electron chi connectivity index (χ1n) is 9.53. The summed E-state index contributed by atoms with van der Waals surface area (Å²) in [5.41, 5.74) is 2.44. The monoisotopic (exact) mass is 418 g/mol. The van der Waals surface area contributed by atoms with E-state index in [1.807, 2.05) is 13.0 Å². The smallest absolute Gasteiger partial charge is 0.323 e. The zero-order valence-electron chi connectivity index (χ0n) is 16.6. The number of pyridine rings is 1. The quantitative estimate of drug-likeness (QED) is 0.504. The molecule has 0 spiro atoms. The van der Waals surface area contributed by atoms with Crippen molar-refractivity contribution in [1.29, 1.82) is 0 Å². The second kappa shape index (κ2) is 8.66. The molecule has 156 valence electrons. The summed E-state index contributed by atoms with van der Waals surface area (Å²) in [5.74, 6) is 0.0328. The van der Waals surface area contributed by atoms with Crippen LogP contribution in [0.2, 0.25) is 0 Å². The molecule has 0 bridgehead atoms. The van der Waals surface area contributed by atoms with Crippen molar-refractivity contribution in [2.75, 3.05) is 10.6 Å². The molecule has 0 unspecified atom stereocenters. The minimum Gasteiger partial charge on any atom is -0.487 e. The normalized spacial score (nSPS) is 10.6. The largest absolute Gasteiger partial charge is 0.487 e. The van der Waals surface area contributed by atoms with E-state index < -0.39 is 11.8 Å². The van der Waals surface area contributed by atoms with Crippen LogP contribution >= 0.6 is 0 Å². The first-order valence-corrected chi connectivity index (χ1v) is 9.53. The summed E-state index contributed by atoms with van der Waals surface area (Å²) in [6.07, 6.45) is 1.68. The standard InChI is InChI=1S/C23H19FN4O3/c1-15-5-4-12-28-21(29)13-17(25-22(15)28)14-31-18-10-8-16(9-11-18)26-23(30)27-20-7-3-2-6-19(20)24/h2-13H,14H2,1H3,(H2,26,27,30). The molecule has 0 fully saturated rings. The molecule has 0 aliphatic heterocycles. The van der Waals surface area contributed by atoms with E-state index in [2.05, 4.69) is 15.6 Å². The van der Waals surface area contributed by atoms with Crippen LogP contribution in [0.15, 0.2) is 77.7 Å². The van der Waals surface area contributed by atoms with Gasteiger partial charge in [0.05, 0.1) is 11.4 Å². The third-order valence-electron chi connectivity index (χ3n) is 4.56. The van der Waals surface area contributed by atoms with Gasteiger partial charge in [-0.15, -0.1) is 0 Å². The van der Waals surface area contributed by atoms with Gasteiger partial charge in [0, 0.05) is 18.0 Å². The minimum atomic E-state index is -0.560. The van der Waals surface area contributed by atoms with Gasteiger partial charge in [-0.1, -0.05) is 18.2 Å². The number of nitrogens with zero attached hydrogens (tertiary/aromatic N) is 2. The van der Waals surface area contributed by atoms with Crippen molar-refractivity contribution in [2.24, 2.45) is 0 Å². The van der Waals surface area contributed by atoms with E-state index in [9.17, 15) is 14.0 Å². The van der Waals surface area contributed by atoms with Crippen molar-refractivity contribution in [2.45, 2.75) is 13.5 Å². The van der Waals surface area contributed by atoms with Crippen LogP contribution in [0.3, 0.4) is 0 Å². The highest BCUT2D eigenvalue weighted by molar-refractivity contribution is 5.99. The molecule has 4 rings (SSSR count). The number of aryl methyl sites for hydroxylation is 1. The fraction of sp³-hybridized carbons (Fsp3) is 0.0870. The lowest BCUT2D eigenvalue weighted by atomic mass is 10.3. The third-order valence-corrected chi connectivity index (χ3v) is 4.56. The molecule has 0 saturated heterocycles. The van der Waals surface area contributed by atoms with Gasteiger partial charge in [0.1, 0.15) is 23.8 Å². The summed E-state index contributed by atoms with van der Waals surface area (Å²) in [4.78, 5) is 28.8. The Morgan fingerprint density at radius 1 is 1.06 bits per heavy atom. The summed E-state index contributed by atoms with van der Waals surface area (Å²) in [6.45, 7) is 2.01. The van der Waals surface area contributed by atoms with Crippen molar-refractivity contribution in [3.63, 3.8) is 0 Å². The average Bonchev–Trinajstić information content (AvgIpc) is 2.76. The van der Waals surface area contributed by atoms with Gasteiger partial charge in [-0.25, -0.2) is 14.2 Å². The van der Waals surface area contributed by atoms with E-state index in [0.717, 1.165) is 5.56 Å². The van der Waals surface area contributed by atoms with Crippen LogP contribution < -0.4 is 20.9 Å². The van der Waals surface area contributed by atoms with Gasteiger partial charge in [0.15, 0.2) is 0 Å². The number of carbonyl (C=O) groups excluding carboxylic acids is 1. The molecule has 7 nitrogen and oxygen atoms in total. The number of aromatic nitrogens is 2. The number of urea groups is 1. The van der Waals surface area contributed by atoms with E-state index in [0.29, 0.717) is 22.8 Å². The molecule has 0 radical (unpaired) electrons. The number of carbonyl (C=O) groups is 1. The fourth-order valence-corrected chi connectivity index (χ4v) is 3.02. The Hall–Kier alpha value is -4.20. The summed E-state index contributed by atoms with van der Waals surface area (Å²) < 4.78 is 20.8. The number of ether oxygens (including phenoxy) is 1. The molecule has 2 N–H and O–H groups in total. The fourth-order valence-electron chi connectivity index (χ4n) is 3.02. The van der Waals surface area contributed by atoms with Gasteiger partial charge >= 0.3 is 6.03 Å². The van der Waals surface area contributed by atoms with E-state index in [1.165, 1.54) is 22.6 Å². The van der Waals surface area contributed by atoms with Gasteiger partial charge in [-0.2, -0.15) is 0 Å². The van der Waals surface area contributed by atoms with Crippen molar-refractivity contribution in [1.82, 2.24) is 9.38 Å². The van der Waals surface area contributed by atoms with Crippen molar-refractivity contribution < 1.29 is 13.9 Å².